The van der Waals surface area contributed by atoms with E-state index in [0.717, 1.165) is 36.9 Å². The number of rotatable bonds is 6. The lowest BCUT2D eigenvalue weighted by Gasteiger charge is -2.11. The van der Waals surface area contributed by atoms with Gasteiger partial charge in [-0.05, 0) is 25.0 Å². The van der Waals surface area contributed by atoms with E-state index in [1.54, 1.807) is 24.6 Å². The Morgan fingerprint density at radius 2 is 2.05 bits per heavy atom. The summed E-state index contributed by atoms with van der Waals surface area (Å²) in [5.74, 6) is 0.826. The highest BCUT2D eigenvalue weighted by Crippen LogP contribution is 2.10. The molecule has 0 saturated heterocycles. The predicted molar refractivity (Wildman–Crippen MR) is 87.9 cm³/mol. The molecule has 0 radical (unpaired) electrons. The molecule has 0 aliphatic rings. The molecule has 5 nitrogen and oxygen atoms in total. The van der Waals surface area contributed by atoms with Crippen molar-refractivity contribution in [3.05, 3.63) is 46.2 Å². The maximum absolute atomic E-state index is 4.35. The molecule has 0 aromatic carbocycles. The Bertz CT molecular complexity index is 564. The Balaban J connectivity index is 1.66. The van der Waals surface area contributed by atoms with Crippen LogP contribution in [0.25, 0.3) is 0 Å². The molecule has 2 N–H and O–H groups in total. The van der Waals surface area contributed by atoms with E-state index in [4.69, 9.17) is 0 Å². The van der Waals surface area contributed by atoms with Crippen molar-refractivity contribution in [3.8, 4) is 0 Å². The minimum atomic E-state index is 0.826. The number of nitrogens with one attached hydrogen (secondary N) is 2. The highest BCUT2D eigenvalue weighted by molar-refractivity contribution is 7.11. The summed E-state index contributed by atoms with van der Waals surface area (Å²) >= 11 is 1.74. The average Bonchev–Trinajstić information content (AvgIpc) is 2.92. The van der Waals surface area contributed by atoms with Crippen LogP contribution >= 0.6 is 11.3 Å². The van der Waals surface area contributed by atoms with Gasteiger partial charge in [0.15, 0.2) is 5.96 Å². The lowest BCUT2D eigenvalue weighted by molar-refractivity contribution is 0.781. The molecule has 0 fully saturated rings. The molecule has 0 atom stereocenters. The van der Waals surface area contributed by atoms with Crippen molar-refractivity contribution in [2.45, 2.75) is 19.8 Å². The first kappa shape index (κ1) is 15.4. The van der Waals surface area contributed by atoms with E-state index in [1.165, 1.54) is 10.4 Å². The van der Waals surface area contributed by atoms with Crippen LogP contribution in [0.1, 0.15) is 15.4 Å². The predicted octanol–water partition coefficient (Wildman–Crippen LogP) is 1.80. The van der Waals surface area contributed by atoms with Crippen LogP contribution in [-0.4, -0.2) is 36.1 Å². The van der Waals surface area contributed by atoms with E-state index in [1.807, 2.05) is 18.5 Å². The molecule has 2 heterocycles. The molecule has 0 unspecified atom stereocenters. The first-order chi connectivity index (χ1) is 10.3. The molecule has 2 aromatic heterocycles. The van der Waals surface area contributed by atoms with Gasteiger partial charge in [-0.3, -0.25) is 9.98 Å². The maximum atomic E-state index is 4.35. The summed E-state index contributed by atoms with van der Waals surface area (Å²) in [5, 5.41) is 7.77. The van der Waals surface area contributed by atoms with E-state index in [9.17, 15) is 0 Å². The average molecular weight is 303 g/mol. The first-order valence-electron chi connectivity index (χ1n) is 7.02. The summed E-state index contributed by atoms with van der Waals surface area (Å²) in [4.78, 5) is 13.9. The molecule has 2 aromatic rings. The summed E-state index contributed by atoms with van der Waals surface area (Å²) in [7, 11) is 1.78. The molecular formula is C15H21N5S. The number of hydrogen-bond acceptors (Lipinski definition) is 4. The second kappa shape index (κ2) is 8.36. The third kappa shape index (κ3) is 5.51. The van der Waals surface area contributed by atoms with E-state index in [-0.39, 0.29) is 0 Å². The second-order valence-corrected chi connectivity index (χ2v) is 5.97. The summed E-state index contributed by atoms with van der Waals surface area (Å²) in [6, 6.07) is 4.04. The van der Waals surface area contributed by atoms with Gasteiger partial charge in [0.2, 0.25) is 0 Å². The van der Waals surface area contributed by atoms with Crippen LogP contribution in [-0.2, 0) is 12.8 Å². The van der Waals surface area contributed by atoms with Crippen LogP contribution in [0.2, 0.25) is 0 Å². The zero-order chi connectivity index (χ0) is 14.9. The van der Waals surface area contributed by atoms with Crippen LogP contribution in [0.15, 0.2) is 35.7 Å². The molecule has 2 rings (SSSR count). The van der Waals surface area contributed by atoms with Gasteiger partial charge in [-0.1, -0.05) is 6.07 Å². The minimum Gasteiger partial charge on any atom is -0.356 e. The van der Waals surface area contributed by atoms with Crippen LogP contribution < -0.4 is 10.6 Å². The third-order valence-electron chi connectivity index (χ3n) is 2.95. The van der Waals surface area contributed by atoms with Crippen molar-refractivity contribution in [1.82, 2.24) is 20.6 Å². The van der Waals surface area contributed by atoms with Gasteiger partial charge in [0, 0.05) is 50.0 Å². The van der Waals surface area contributed by atoms with Crippen LogP contribution in [0.5, 0.6) is 0 Å². The van der Waals surface area contributed by atoms with Crippen molar-refractivity contribution >= 4 is 17.3 Å². The number of pyridine rings is 1. The normalized spacial score (nSPS) is 11.4. The van der Waals surface area contributed by atoms with Gasteiger partial charge in [0.05, 0.1) is 5.01 Å². The Morgan fingerprint density at radius 1 is 1.24 bits per heavy atom. The summed E-state index contributed by atoms with van der Waals surface area (Å²) < 4.78 is 0. The number of guanidine groups is 1. The van der Waals surface area contributed by atoms with E-state index >= 15 is 0 Å². The second-order valence-electron chi connectivity index (χ2n) is 4.65. The van der Waals surface area contributed by atoms with Crippen LogP contribution in [0.4, 0.5) is 0 Å². The Kier molecular flexibility index (Phi) is 6.15. The highest BCUT2D eigenvalue weighted by Gasteiger charge is 2.01. The topological polar surface area (TPSA) is 62.2 Å². The minimum absolute atomic E-state index is 0.826. The molecule has 0 saturated carbocycles. The number of aryl methyl sites for hydroxylation is 1. The van der Waals surface area contributed by atoms with Gasteiger partial charge in [0.25, 0.3) is 0 Å². The summed E-state index contributed by atoms with van der Waals surface area (Å²) in [5.41, 5.74) is 1.22. The van der Waals surface area contributed by atoms with Gasteiger partial charge in [0.1, 0.15) is 0 Å². The van der Waals surface area contributed by atoms with Gasteiger partial charge in [-0.2, -0.15) is 0 Å². The Labute approximate surface area is 129 Å². The lowest BCUT2D eigenvalue weighted by atomic mass is 10.2. The van der Waals surface area contributed by atoms with Crippen molar-refractivity contribution in [2.75, 3.05) is 20.1 Å². The molecule has 0 aliphatic heterocycles. The fourth-order valence-electron chi connectivity index (χ4n) is 1.90. The number of thiazole rings is 1. The molecule has 21 heavy (non-hydrogen) atoms. The van der Waals surface area contributed by atoms with Gasteiger partial charge >= 0.3 is 0 Å². The number of aliphatic imine (C=N–C) groups is 1. The van der Waals surface area contributed by atoms with E-state index < -0.39 is 0 Å². The van der Waals surface area contributed by atoms with Crippen LogP contribution in [0.3, 0.4) is 0 Å². The summed E-state index contributed by atoms with van der Waals surface area (Å²) in [6.07, 6.45) is 7.45. The molecule has 0 bridgehead atoms. The smallest absolute Gasteiger partial charge is 0.191 e. The standard InChI is InChI=1S/C15H21N5S/c1-12-10-20-14(21-12)6-9-19-15(16-2)18-8-5-13-4-3-7-17-11-13/h3-4,7,10-11H,5-6,8-9H2,1-2H3,(H2,16,18,19). The zero-order valence-corrected chi connectivity index (χ0v) is 13.3. The molecule has 112 valence electrons. The molecule has 0 aliphatic carbocycles. The SMILES string of the molecule is CN=C(NCCc1cccnc1)NCCc1ncc(C)s1. The van der Waals surface area contributed by atoms with Crippen LogP contribution in [0, 0.1) is 6.92 Å². The number of aromatic nitrogens is 2. The number of hydrogen-bond donors (Lipinski definition) is 2. The first-order valence-corrected chi connectivity index (χ1v) is 7.84. The van der Waals surface area contributed by atoms with Gasteiger partial charge in [-0.25, -0.2) is 4.98 Å². The molecule has 6 heteroatoms. The van der Waals surface area contributed by atoms with Crippen molar-refractivity contribution in [2.24, 2.45) is 4.99 Å². The lowest BCUT2D eigenvalue weighted by Crippen LogP contribution is -2.39. The van der Waals surface area contributed by atoms with Crippen molar-refractivity contribution in [3.63, 3.8) is 0 Å². The monoisotopic (exact) mass is 303 g/mol. The molecule has 0 spiro atoms. The quantitative estimate of drug-likeness (QED) is 0.631. The molecular weight excluding hydrogens is 282 g/mol. The maximum Gasteiger partial charge on any atom is 0.191 e. The van der Waals surface area contributed by atoms with Gasteiger partial charge in [-0.15, -0.1) is 11.3 Å². The zero-order valence-electron chi connectivity index (χ0n) is 12.5. The van der Waals surface area contributed by atoms with E-state index in [0.29, 0.717) is 0 Å². The fourth-order valence-corrected chi connectivity index (χ4v) is 2.68. The van der Waals surface area contributed by atoms with Crippen molar-refractivity contribution < 1.29 is 0 Å². The van der Waals surface area contributed by atoms with Crippen molar-refractivity contribution in [1.29, 1.82) is 0 Å². The molecule has 0 amide bonds. The van der Waals surface area contributed by atoms with Gasteiger partial charge < -0.3 is 10.6 Å². The largest absolute Gasteiger partial charge is 0.356 e. The van der Waals surface area contributed by atoms with E-state index in [2.05, 4.69) is 38.6 Å². The fraction of sp³-hybridized carbons (Fsp3) is 0.400. The Hall–Kier alpha value is -1.95. The number of nitrogens with zero attached hydrogens (tertiary/aromatic N) is 3. The third-order valence-corrected chi connectivity index (χ3v) is 3.93. The highest BCUT2D eigenvalue weighted by atomic mass is 32.1. The Morgan fingerprint density at radius 3 is 2.67 bits per heavy atom. The summed E-state index contributed by atoms with van der Waals surface area (Å²) in [6.45, 7) is 3.74.